The van der Waals surface area contributed by atoms with Gasteiger partial charge in [0.1, 0.15) is 10.7 Å². The number of hydrogen-bond donors (Lipinski definition) is 0. The van der Waals surface area contributed by atoms with E-state index in [4.69, 9.17) is 4.84 Å². The molecular weight excluding hydrogens is 279 g/mol. The van der Waals surface area contributed by atoms with Crippen LogP contribution < -0.4 is 0 Å². The smallest absolute Gasteiger partial charge is 0.270 e. The van der Waals surface area contributed by atoms with Gasteiger partial charge >= 0.3 is 0 Å². The van der Waals surface area contributed by atoms with Gasteiger partial charge in [-0.3, -0.25) is 15.0 Å². The van der Waals surface area contributed by atoms with Crippen molar-refractivity contribution in [3.05, 3.63) is 34.1 Å². The highest BCUT2D eigenvalue weighted by molar-refractivity contribution is 7.89. The van der Waals surface area contributed by atoms with Crippen LogP contribution >= 0.6 is 0 Å². The van der Waals surface area contributed by atoms with Gasteiger partial charge in [0.05, 0.1) is 11.5 Å². The summed E-state index contributed by atoms with van der Waals surface area (Å²) in [7, 11) is -4.22. The molecule has 2 rings (SSSR count). The molecule has 0 amide bonds. The number of nitro benzene ring substituents is 1. The Hall–Kier alpha value is -1.58. The third-order valence-electron chi connectivity index (χ3n) is 2.64. The predicted octanol–water partition coefficient (Wildman–Crippen LogP) is 1.45. The van der Waals surface area contributed by atoms with Crippen molar-refractivity contribution in [2.75, 3.05) is 13.2 Å². The van der Waals surface area contributed by atoms with Gasteiger partial charge in [0.25, 0.3) is 15.7 Å². The van der Waals surface area contributed by atoms with Crippen molar-refractivity contribution in [1.82, 2.24) is 4.47 Å². The summed E-state index contributed by atoms with van der Waals surface area (Å²) < 4.78 is 38.5. The average Bonchev–Trinajstić information content (AvgIpc) is 2.39. The SMILES string of the molecule is O=[N+]([O-])c1ccc(F)c(S(=O)(=O)N2CCCCO2)c1. The molecule has 0 radical (unpaired) electrons. The summed E-state index contributed by atoms with van der Waals surface area (Å²) in [6.45, 7) is 0.320. The second-order valence-corrected chi connectivity index (χ2v) is 5.74. The second kappa shape index (κ2) is 5.19. The van der Waals surface area contributed by atoms with E-state index in [0.29, 0.717) is 23.4 Å². The number of hydroxylamine groups is 1. The normalized spacial score (nSPS) is 17.3. The maximum Gasteiger partial charge on any atom is 0.270 e. The highest BCUT2D eigenvalue weighted by Gasteiger charge is 2.31. The fourth-order valence-electron chi connectivity index (χ4n) is 1.68. The second-order valence-electron chi connectivity index (χ2n) is 3.94. The highest BCUT2D eigenvalue weighted by atomic mass is 32.2. The van der Waals surface area contributed by atoms with E-state index < -0.39 is 31.3 Å². The fourth-order valence-corrected chi connectivity index (χ4v) is 3.06. The Morgan fingerprint density at radius 1 is 1.37 bits per heavy atom. The Balaban J connectivity index is 2.44. The van der Waals surface area contributed by atoms with Crippen molar-refractivity contribution in [2.24, 2.45) is 0 Å². The fraction of sp³-hybridized carbons (Fsp3) is 0.400. The molecule has 0 unspecified atom stereocenters. The molecule has 0 aromatic heterocycles. The van der Waals surface area contributed by atoms with Crippen LogP contribution in [-0.2, 0) is 14.9 Å². The maximum atomic E-state index is 13.6. The lowest BCUT2D eigenvalue weighted by Crippen LogP contribution is -2.36. The lowest BCUT2D eigenvalue weighted by Gasteiger charge is -2.25. The minimum Gasteiger partial charge on any atom is -0.284 e. The molecule has 1 heterocycles. The molecule has 0 N–H and O–H groups in total. The molecule has 104 valence electrons. The molecule has 19 heavy (non-hydrogen) atoms. The topological polar surface area (TPSA) is 89.8 Å². The molecule has 7 nitrogen and oxygen atoms in total. The van der Waals surface area contributed by atoms with Crippen LogP contribution in [0.4, 0.5) is 10.1 Å². The Kier molecular flexibility index (Phi) is 3.78. The van der Waals surface area contributed by atoms with Crippen molar-refractivity contribution >= 4 is 15.7 Å². The number of rotatable bonds is 3. The predicted molar refractivity (Wildman–Crippen MR) is 62.1 cm³/mol. The number of nitrogens with zero attached hydrogens (tertiary/aromatic N) is 2. The Labute approximate surface area is 108 Å². The Morgan fingerprint density at radius 2 is 2.11 bits per heavy atom. The molecule has 1 aromatic carbocycles. The number of nitro groups is 1. The minimum atomic E-state index is -4.22. The van der Waals surface area contributed by atoms with Crippen molar-refractivity contribution in [3.63, 3.8) is 0 Å². The molecular formula is C10H11FN2O5S. The molecule has 0 atom stereocenters. The van der Waals surface area contributed by atoms with Crippen molar-refractivity contribution in [2.45, 2.75) is 17.7 Å². The molecule has 0 aliphatic carbocycles. The van der Waals surface area contributed by atoms with Gasteiger partial charge in [0.15, 0.2) is 0 Å². The summed E-state index contributed by atoms with van der Waals surface area (Å²) in [6.07, 6.45) is 1.30. The first-order chi connectivity index (χ1) is 8.93. The van der Waals surface area contributed by atoms with Crippen LogP contribution in [0.1, 0.15) is 12.8 Å². The summed E-state index contributed by atoms with van der Waals surface area (Å²) in [5.74, 6) is -1.04. The van der Waals surface area contributed by atoms with Crippen LogP contribution in [0.5, 0.6) is 0 Å². The van der Waals surface area contributed by atoms with Crippen LogP contribution in [0.3, 0.4) is 0 Å². The van der Waals surface area contributed by atoms with Crippen molar-refractivity contribution in [3.8, 4) is 0 Å². The molecule has 0 saturated carbocycles. The van der Waals surface area contributed by atoms with E-state index in [1.54, 1.807) is 0 Å². The van der Waals surface area contributed by atoms with Crippen molar-refractivity contribution in [1.29, 1.82) is 0 Å². The van der Waals surface area contributed by atoms with Gasteiger partial charge < -0.3 is 0 Å². The zero-order chi connectivity index (χ0) is 14.0. The van der Waals surface area contributed by atoms with Gasteiger partial charge in [-0.2, -0.15) is 0 Å². The summed E-state index contributed by atoms with van der Waals surface area (Å²) in [4.78, 5) is 14.0. The first-order valence-electron chi connectivity index (χ1n) is 5.52. The third kappa shape index (κ3) is 2.72. The first-order valence-corrected chi connectivity index (χ1v) is 6.96. The summed E-state index contributed by atoms with van der Waals surface area (Å²) in [5, 5.41) is 10.6. The standard InChI is InChI=1S/C10H11FN2O5S/c11-9-4-3-8(13(14)15)7-10(9)19(16,17)12-5-1-2-6-18-12/h3-4,7H,1-2,5-6H2. The lowest BCUT2D eigenvalue weighted by molar-refractivity contribution is -0.385. The monoisotopic (exact) mass is 290 g/mol. The van der Waals surface area contributed by atoms with Crippen LogP contribution in [0.2, 0.25) is 0 Å². The molecule has 1 fully saturated rings. The lowest BCUT2D eigenvalue weighted by atomic mass is 10.3. The number of sulfonamides is 1. The van der Waals surface area contributed by atoms with E-state index in [-0.39, 0.29) is 13.2 Å². The highest BCUT2D eigenvalue weighted by Crippen LogP contribution is 2.25. The van der Waals surface area contributed by atoms with Crippen LogP contribution in [-0.4, -0.2) is 31.0 Å². The molecule has 9 heteroatoms. The first kappa shape index (κ1) is 13.8. The van der Waals surface area contributed by atoms with Gasteiger partial charge in [0.2, 0.25) is 0 Å². The van der Waals surface area contributed by atoms with Gasteiger partial charge in [-0.05, 0) is 18.9 Å². The summed E-state index contributed by atoms with van der Waals surface area (Å²) in [5.41, 5.74) is -0.489. The zero-order valence-corrected chi connectivity index (χ0v) is 10.6. The van der Waals surface area contributed by atoms with E-state index in [1.807, 2.05) is 0 Å². The summed E-state index contributed by atoms with van der Waals surface area (Å²) >= 11 is 0. The average molecular weight is 290 g/mol. The van der Waals surface area contributed by atoms with Crippen molar-refractivity contribution < 1.29 is 22.6 Å². The third-order valence-corrected chi connectivity index (χ3v) is 4.33. The quantitative estimate of drug-likeness (QED) is 0.621. The largest absolute Gasteiger partial charge is 0.284 e. The molecule has 1 aliphatic heterocycles. The van der Waals surface area contributed by atoms with Gasteiger partial charge in [-0.1, -0.05) is 4.47 Å². The van der Waals surface area contributed by atoms with E-state index in [0.717, 1.165) is 12.1 Å². The number of halogens is 1. The molecule has 0 spiro atoms. The van der Waals surface area contributed by atoms with Crippen LogP contribution in [0.15, 0.2) is 23.1 Å². The van der Waals surface area contributed by atoms with Gasteiger partial charge in [-0.15, -0.1) is 0 Å². The number of benzene rings is 1. The molecule has 1 saturated heterocycles. The van der Waals surface area contributed by atoms with Gasteiger partial charge in [0, 0.05) is 18.7 Å². The van der Waals surface area contributed by atoms with E-state index >= 15 is 0 Å². The van der Waals surface area contributed by atoms with E-state index in [1.165, 1.54) is 0 Å². The van der Waals surface area contributed by atoms with Gasteiger partial charge in [-0.25, -0.2) is 12.8 Å². The van der Waals surface area contributed by atoms with E-state index in [9.17, 15) is 22.9 Å². The molecule has 1 aromatic rings. The molecule has 1 aliphatic rings. The van der Waals surface area contributed by atoms with Crippen LogP contribution in [0, 0.1) is 15.9 Å². The molecule has 0 bridgehead atoms. The number of non-ortho nitro benzene ring substituents is 1. The summed E-state index contributed by atoms with van der Waals surface area (Å²) in [6, 6.07) is 2.36. The van der Waals surface area contributed by atoms with Crippen LogP contribution in [0.25, 0.3) is 0 Å². The Bertz CT molecular complexity index is 598. The Morgan fingerprint density at radius 3 is 2.68 bits per heavy atom. The number of hydrogen-bond acceptors (Lipinski definition) is 5. The van der Waals surface area contributed by atoms with E-state index in [2.05, 4.69) is 0 Å². The zero-order valence-electron chi connectivity index (χ0n) is 9.78. The minimum absolute atomic E-state index is 0.102. The maximum absolute atomic E-state index is 13.6.